The van der Waals surface area contributed by atoms with Gasteiger partial charge < -0.3 is 26.2 Å². The molecule has 1 unspecified atom stereocenters. The second kappa shape index (κ2) is 8.62. The van der Waals surface area contributed by atoms with Crippen molar-refractivity contribution in [2.24, 2.45) is 5.73 Å². The molecule has 2 rings (SSSR count). The maximum Gasteiger partial charge on any atom is 0.451 e. The van der Waals surface area contributed by atoms with Crippen LogP contribution < -0.4 is 11.1 Å². The van der Waals surface area contributed by atoms with Crippen molar-refractivity contribution in [3.8, 4) is 0 Å². The number of unbranched alkanes of at least 4 members (excludes halogenated alkanes) is 1. The Morgan fingerprint density at radius 1 is 1.21 bits per heavy atom. The summed E-state index contributed by atoms with van der Waals surface area (Å²) in [7, 11) is -1.34. The van der Waals surface area contributed by atoms with Gasteiger partial charge in [0.05, 0.1) is 0 Å². The Morgan fingerprint density at radius 2 is 1.83 bits per heavy atom. The lowest BCUT2D eigenvalue weighted by Gasteiger charge is -2.25. The second-order valence-electron chi connectivity index (χ2n) is 6.77. The third-order valence-corrected chi connectivity index (χ3v) is 4.82. The first kappa shape index (κ1) is 18.9. The Bertz CT molecular complexity index is 530. The van der Waals surface area contributed by atoms with E-state index in [0.29, 0.717) is 38.3 Å². The zero-order valence-electron chi connectivity index (χ0n) is 13.9. The number of hydrogen-bond donors (Lipinski definition) is 5. The highest BCUT2D eigenvalue weighted by Crippen LogP contribution is 2.22. The molecule has 24 heavy (non-hydrogen) atoms. The third kappa shape index (κ3) is 5.31. The van der Waals surface area contributed by atoms with Crippen LogP contribution in [0.5, 0.6) is 0 Å². The van der Waals surface area contributed by atoms with Crippen LogP contribution in [0.15, 0.2) is 24.3 Å². The molecular formula is C17H27BN2O4. The average molecular weight is 334 g/mol. The van der Waals surface area contributed by atoms with Gasteiger partial charge in [-0.3, -0.25) is 4.79 Å². The molecule has 132 valence electrons. The van der Waals surface area contributed by atoms with Crippen molar-refractivity contribution in [1.82, 2.24) is 5.32 Å². The van der Waals surface area contributed by atoms with Crippen LogP contribution in [-0.4, -0.2) is 46.4 Å². The summed E-state index contributed by atoms with van der Waals surface area (Å²) in [5.74, 6) is -0.997. The third-order valence-electron chi connectivity index (χ3n) is 4.82. The Balaban J connectivity index is 1.74. The first-order valence-electron chi connectivity index (χ1n) is 8.59. The fourth-order valence-corrected chi connectivity index (χ4v) is 3.31. The van der Waals surface area contributed by atoms with Crippen LogP contribution in [0.2, 0.25) is 6.32 Å². The van der Waals surface area contributed by atoms with Crippen LogP contribution >= 0.6 is 0 Å². The highest BCUT2D eigenvalue weighted by atomic mass is 16.4. The van der Waals surface area contributed by atoms with E-state index in [2.05, 4.69) is 17.4 Å². The molecule has 6 nitrogen and oxygen atoms in total. The van der Waals surface area contributed by atoms with Crippen molar-refractivity contribution in [3.63, 3.8) is 0 Å². The summed E-state index contributed by atoms with van der Waals surface area (Å²) in [4.78, 5) is 11.5. The molecule has 0 bridgehead atoms. The van der Waals surface area contributed by atoms with E-state index in [9.17, 15) is 9.90 Å². The van der Waals surface area contributed by atoms with Gasteiger partial charge in [-0.1, -0.05) is 37.1 Å². The summed E-state index contributed by atoms with van der Waals surface area (Å²) in [6, 6.07) is 8.69. The van der Waals surface area contributed by atoms with Gasteiger partial charge in [0.1, 0.15) is 5.54 Å². The van der Waals surface area contributed by atoms with E-state index in [0.717, 1.165) is 12.8 Å². The minimum absolute atomic E-state index is 0.244. The quantitative estimate of drug-likeness (QED) is 0.315. The predicted octanol–water partition coefficient (Wildman–Crippen LogP) is 0.559. The topological polar surface area (TPSA) is 116 Å². The molecule has 0 fully saturated rings. The van der Waals surface area contributed by atoms with Crippen LogP contribution in [0.1, 0.15) is 36.8 Å². The molecule has 6 N–H and O–H groups in total. The molecule has 0 saturated heterocycles. The first-order valence-corrected chi connectivity index (χ1v) is 8.59. The van der Waals surface area contributed by atoms with Crippen molar-refractivity contribution in [3.05, 3.63) is 35.4 Å². The highest BCUT2D eigenvalue weighted by molar-refractivity contribution is 6.40. The SMILES string of the molecule is NC(CCCCB(O)O)(CCNC1Cc2ccccc2C1)C(=O)O. The van der Waals surface area contributed by atoms with Crippen LogP contribution in [0.25, 0.3) is 0 Å². The fraction of sp³-hybridized carbons (Fsp3) is 0.588. The summed E-state index contributed by atoms with van der Waals surface area (Å²) in [6.07, 6.45) is 3.99. The minimum Gasteiger partial charge on any atom is -0.480 e. The van der Waals surface area contributed by atoms with Gasteiger partial charge in [0.2, 0.25) is 0 Å². The predicted molar refractivity (Wildman–Crippen MR) is 93.7 cm³/mol. The number of aliphatic carboxylic acids is 1. The van der Waals surface area contributed by atoms with Gasteiger partial charge in [-0.25, -0.2) is 0 Å². The smallest absolute Gasteiger partial charge is 0.451 e. The van der Waals surface area contributed by atoms with E-state index in [1.54, 1.807) is 0 Å². The number of hydrogen-bond acceptors (Lipinski definition) is 5. The molecule has 0 saturated carbocycles. The summed E-state index contributed by atoms with van der Waals surface area (Å²) in [5, 5.41) is 30.5. The van der Waals surface area contributed by atoms with Gasteiger partial charge in [0.15, 0.2) is 0 Å². The molecule has 0 spiro atoms. The standard InChI is InChI=1S/C17H27BN2O4/c19-17(16(21)22,7-3-4-9-18(23)24)8-10-20-15-11-13-5-1-2-6-14(13)12-15/h1-2,5-6,15,20,23-24H,3-4,7-12,19H2,(H,21,22). The minimum atomic E-state index is -1.34. The monoisotopic (exact) mass is 334 g/mol. The highest BCUT2D eigenvalue weighted by Gasteiger charge is 2.33. The van der Waals surface area contributed by atoms with Crippen LogP contribution in [0.3, 0.4) is 0 Å². The van der Waals surface area contributed by atoms with Crippen LogP contribution in [0.4, 0.5) is 0 Å². The number of nitrogens with one attached hydrogen (secondary N) is 1. The van der Waals surface area contributed by atoms with Crippen molar-refractivity contribution in [1.29, 1.82) is 0 Å². The van der Waals surface area contributed by atoms with E-state index in [1.165, 1.54) is 11.1 Å². The van der Waals surface area contributed by atoms with Gasteiger partial charge in [-0.15, -0.1) is 0 Å². The molecule has 0 amide bonds. The van der Waals surface area contributed by atoms with E-state index >= 15 is 0 Å². The number of carboxylic acid groups (broad SMARTS) is 1. The van der Waals surface area contributed by atoms with Crippen molar-refractivity contribution >= 4 is 13.1 Å². The molecular weight excluding hydrogens is 307 g/mol. The number of fused-ring (bicyclic) bond motifs is 1. The average Bonchev–Trinajstić information content (AvgIpc) is 2.94. The first-order chi connectivity index (χ1) is 11.4. The van der Waals surface area contributed by atoms with Crippen molar-refractivity contribution in [2.75, 3.05) is 6.54 Å². The van der Waals surface area contributed by atoms with Gasteiger partial charge in [0, 0.05) is 6.04 Å². The maximum atomic E-state index is 11.5. The summed E-state index contributed by atoms with van der Waals surface area (Å²) >= 11 is 0. The van der Waals surface area contributed by atoms with Crippen molar-refractivity contribution in [2.45, 2.75) is 56.4 Å². The van der Waals surface area contributed by atoms with E-state index in [-0.39, 0.29) is 6.32 Å². The molecule has 0 heterocycles. The fourth-order valence-electron chi connectivity index (χ4n) is 3.31. The van der Waals surface area contributed by atoms with Gasteiger partial charge in [-0.2, -0.15) is 0 Å². The van der Waals surface area contributed by atoms with E-state index in [1.807, 2.05) is 12.1 Å². The largest absolute Gasteiger partial charge is 0.480 e. The van der Waals surface area contributed by atoms with Crippen LogP contribution in [-0.2, 0) is 17.6 Å². The number of carboxylic acids is 1. The number of nitrogens with two attached hydrogens (primary N) is 1. The molecule has 0 radical (unpaired) electrons. The van der Waals surface area contributed by atoms with Gasteiger partial charge in [0.25, 0.3) is 0 Å². The molecule has 1 aliphatic carbocycles. The molecule has 1 aromatic rings. The van der Waals surface area contributed by atoms with Gasteiger partial charge >= 0.3 is 13.1 Å². The van der Waals surface area contributed by atoms with E-state index in [4.69, 9.17) is 15.8 Å². The number of carbonyl (C=O) groups is 1. The Labute approximate surface area is 143 Å². The number of benzene rings is 1. The molecule has 7 heteroatoms. The zero-order valence-corrected chi connectivity index (χ0v) is 13.9. The summed E-state index contributed by atoms with van der Waals surface area (Å²) < 4.78 is 0. The second-order valence-corrected chi connectivity index (χ2v) is 6.77. The maximum absolute atomic E-state index is 11.5. The lowest BCUT2D eigenvalue weighted by atomic mass is 9.81. The molecule has 0 aromatic heterocycles. The van der Waals surface area contributed by atoms with Gasteiger partial charge in [-0.05, 0) is 49.7 Å². The molecule has 1 atom stereocenters. The molecule has 1 aliphatic rings. The van der Waals surface area contributed by atoms with Crippen LogP contribution in [0, 0.1) is 0 Å². The Hall–Kier alpha value is -1.41. The number of rotatable bonds is 10. The summed E-state index contributed by atoms with van der Waals surface area (Å²) in [5.41, 5.74) is 7.51. The zero-order chi connectivity index (χ0) is 17.6. The lowest BCUT2D eigenvalue weighted by molar-refractivity contribution is -0.144. The van der Waals surface area contributed by atoms with E-state index < -0.39 is 18.6 Å². The molecule has 1 aromatic carbocycles. The lowest BCUT2D eigenvalue weighted by Crippen LogP contribution is -2.50. The summed E-state index contributed by atoms with van der Waals surface area (Å²) in [6.45, 7) is 0.560. The normalized spacial score (nSPS) is 16.6. The van der Waals surface area contributed by atoms with Crippen molar-refractivity contribution < 1.29 is 19.9 Å². The Kier molecular flexibility index (Phi) is 6.80. The molecule has 0 aliphatic heterocycles. The Morgan fingerprint density at radius 3 is 2.38 bits per heavy atom.